The molecule has 0 radical (unpaired) electrons. The number of urea groups is 1. The van der Waals surface area contributed by atoms with Gasteiger partial charge in [0.2, 0.25) is 0 Å². The van der Waals surface area contributed by atoms with Crippen molar-refractivity contribution >= 4 is 6.03 Å². The van der Waals surface area contributed by atoms with Crippen molar-refractivity contribution in [2.75, 3.05) is 13.2 Å². The highest BCUT2D eigenvalue weighted by atomic mass is 16.3. The van der Waals surface area contributed by atoms with E-state index in [2.05, 4.69) is 10.6 Å². The molecule has 2 aromatic carbocycles. The molecule has 0 bridgehead atoms. The van der Waals surface area contributed by atoms with Crippen LogP contribution in [0.3, 0.4) is 0 Å². The highest BCUT2D eigenvalue weighted by Crippen LogP contribution is 2.22. The Morgan fingerprint density at radius 3 is 2.29 bits per heavy atom. The lowest BCUT2D eigenvalue weighted by molar-refractivity contribution is 0.232. The van der Waals surface area contributed by atoms with Gasteiger partial charge in [0.15, 0.2) is 0 Å². The van der Waals surface area contributed by atoms with Crippen molar-refractivity contribution in [3.8, 4) is 0 Å². The van der Waals surface area contributed by atoms with Gasteiger partial charge in [0.1, 0.15) is 0 Å². The van der Waals surface area contributed by atoms with Gasteiger partial charge in [-0.05, 0) is 18.1 Å². The molecule has 0 saturated heterocycles. The standard InChI is InChI=1S/C17H20N2O2/c1-13-7-9-15(10-8-13)16(14-5-3-2-4-6-14)19-17(21)18-11-12-20/h2-10,16,20H,11-12H2,1H3,(H2,18,19,21). The van der Waals surface area contributed by atoms with Crippen LogP contribution in [0.5, 0.6) is 0 Å². The predicted octanol–water partition coefficient (Wildman–Crippen LogP) is 2.38. The van der Waals surface area contributed by atoms with Crippen LogP contribution >= 0.6 is 0 Å². The van der Waals surface area contributed by atoms with E-state index in [1.807, 2.05) is 61.5 Å². The van der Waals surface area contributed by atoms with Crippen molar-refractivity contribution in [3.05, 3.63) is 71.3 Å². The zero-order valence-corrected chi connectivity index (χ0v) is 12.0. The maximum absolute atomic E-state index is 11.9. The van der Waals surface area contributed by atoms with Gasteiger partial charge < -0.3 is 15.7 Å². The molecule has 3 N–H and O–H groups in total. The monoisotopic (exact) mass is 284 g/mol. The fraction of sp³-hybridized carbons (Fsp3) is 0.235. The van der Waals surface area contributed by atoms with E-state index in [4.69, 9.17) is 5.11 Å². The summed E-state index contributed by atoms with van der Waals surface area (Å²) in [4.78, 5) is 11.9. The summed E-state index contributed by atoms with van der Waals surface area (Å²) >= 11 is 0. The molecule has 2 rings (SSSR count). The summed E-state index contributed by atoms with van der Waals surface area (Å²) in [6.07, 6.45) is 0. The summed E-state index contributed by atoms with van der Waals surface area (Å²) in [7, 11) is 0. The first kappa shape index (κ1) is 15.1. The maximum Gasteiger partial charge on any atom is 0.315 e. The molecule has 110 valence electrons. The molecule has 2 aromatic rings. The third-order valence-electron chi connectivity index (χ3n) is 3.22. The van der Waals surface area contributed by atoms with Gasteiger partial charge in [-0.15, -0.1) is 0 Å². The Bertz CT molecular complexity index is 567. The lowest BCUT2D eigenvalue weighted by Crippen LogP contribution is -2.39. The number of nitrogens with one attached hydrogen (secondary N) is 2. The molecule has 0 aliphatic heterocycles. The Hall–Kier alpha value is -2.33. The molecule has 0 heterocycles. The van der Waals surface area contributed by atoms with Crippen molar-refractivity contribution in [1.82, 2.24) is 10.6 Å². The van der Waals surface area contributed by atoms with Gasteiger partial charge >= 0.3 is 6.03 Å². The number of benzene rings is 2. The molecular weight excluding hydrogens is 264 g/mol. The summed E-state index contributed by atoms with van der Waals surface area (Å²) in [5.41, 5.74) is 3.21. The lowest BCUT2D eigenvalue weighted by Gasteiger charge is -2.20. The summed E-state index contributed by atoms with van der Waals surface area (Å²) in [6, 6.07) is 17.4. The molecule has 0 aliphatic rings. The average Bonchev–Trinajstić information content (AvgIpc) is 2.52. The molecule has 4 heteroatoms. The zero-order valence-electron chi connectivity index (χ0n) is 12.0. The second kappa shape index (κ2) is 7.45. The van der Waals surface area contributed by atoms with Gasteiger partial charge in [0.05, 0.1) is 12.6 Å². The number of carbonyl (C=O) groups is 1. The van der Waals surface area contributed by atoms with Crippen LogP contribution in [0.25, 0.3) is 0 Å². The van der Waals surface area contributed by atoms with E-state index < -0.39 is 0 Å². The highest BCUT2D eigenvalue weighted by molar-refractivity contribution is 5.75. The van der Waals surface area contributed by atoms with Gasteiger partial charge in [-0.3, -0.25) is 0 Å². The first-order chi connectivity index (χ1) is 10.2. The van der Waals surface area contributed by atoms with Crippen LogP contribution in [0.2, 0.25) is 0 Å². The number of amides is 2. The van der Waals surface area contributed by atoms with E-state index in [0.29, 0.717) is 0 Å². The van der Waals surface area contributed by atoms with Crippen molar-refractivity contribution in [1.29, 1.82) is 0 Å². The lowest BCUT2D eigenvalue weighted by atomic mass is 9.98. The minimum absolute atomic E-state index is 0.0754. The van der Waals surface area contributed by atoms with Gasteiger partial charge in [-0.25, -0.2) is 4.79 Å². The number of aryl methyl sites for hydroxylation is 1. The molecule has 0 spiro atoms. The Morgan fingerprint density at radius 2 is 1.67 bits per heavy atom. The second-order valence-corrected chi connectivity index (χ2v) is 4.88. The number of carbonyl (C=O) groups excluding carboxylic acids is 1. The Morgan fingerprint density at radius 1 is 1.05 bits per heavy atom. The Labute approximate surface area is 124 Å². The van der Waals surface area contributed by atoms with Crippen LogP contribution in [-0.4, -0.2) is 24.3 Å². The SMILES string of the molecule is Cc1ccc(C(NC(=O)NCCO)c2ccccc2)cc1. The number of hydrogen-bond donors (Lipinski definition) is 3. The van der Waals surface area contributed by atoms with Crippen LogP contribution < -0.4 is 10.6 Å². The molecule has 0 fully saturated rings. The smallest absolute Gasteiger partial charge is 0.315 e. The van der Waals surface area contributed by atoms with Crippen LogP contribution in [0.1, 0.15) is 22.7 Å². The first-order valence-corrected chi connectivity index (χ1v) is 6.97. The van der Waals surface area contributed by atoms with E-state index in [9.17, 15) is 4.79 Å². The van der Waals surface area contributed by atoms with Crippen LogP contribution in [0.4, 0.5) is 4.79 Å². The Balaban J connectivity index is 2.22. The first-order valence-electron chi connectivity index (χ1n) is 6.97. The number of rotatable bonds is 5. The van der Waals surface area contributed by atoms with Crippen molar-refractivity contribution in [2.24, 2.45) is 0 Å². The largest absolute Gasteiger partial charge is 0.395 e. The number of aliphatic hydroxyl groups excluding tert-OH is 1. The molecule has 1 unspecified atom stereocenters. The van der Waals surface area contributed by atoms with Crippen LogP contribution in [-0.2, 0) is 0 Å². The third kappa shape index (κ3) is 4.33. The molecule has 21 heavy (non-hydrogen) atoms. The highest BCUT2D eigenvalue weighted by Gasteiger charge is 2.16. The normalized spacial score (nSPS) is 11.7. The molecule has 1 atom stereocenters. The number of aliphatic hydroxyl groups is 1. The predicted molar refractivity (Wildman–Crippen MR) is 83.1 cm³/mol. The minimum atomic E-state index is -0.293. The summed E-state index contributed by atoms with van der Waals surface area (Å²) in [6.45, 7) is 2.19. The molecule has 0 aliphatic carbocycles. The topological polar surface area (TPSA) is 61.4 Å². The molecule has 4 nitrogen and oxygen atoms in total. The van der Waals surface area contributed by atoms with Gasteiger partial charge in [-0.1, -0.05) is 60.2 Å². The van der Waals surface area contributed by atoms with E-state index in [1.165, 1.54) is 5.56 Å². The molecular formula is C17H20N2O2. The van der Waals surface area contributed by atoms with Gasteiger partial charge in [-0.2, -0.15) is 0 Å². The number of hydrogen-bond acceptors (Lipinski definition) is 2. The second-order valence-electron chi connectivity index (χ2n) is 4.88. The third-order valence-corrected chi connectivity index (χ3v) is 3.22. The van der Waals surface area contributed by atoms with E-state index >= 15 is 0 Å². The summed E-state index contributed by atoms with van der Waals surface area (Å²) < 4.78 is 0. The molecule has 0 aromatic heterocycles. The van der Waals surface area contributed by atoms with Crippen LogP contribution in [0.15, 0.2) is 54.6 Å². The van der Waals surface area contributed by atoms with E-state index in [1.54, 1.807) is 0 Å². The van der Waals surface area contributed by atoms with E-state index in [0.717, 1.165) is 11.1 Å². The fourth-order valence-electron chi connectivity index (χ4n) is 2.12. The van der Waals surface area contributed by atoms with Gasteiger partial charge in [0, 0.05) is 6.54 Å². The average molecular weight is 284 g/mol. The quantitative estimate of drug-likeness (QED) is 0.789. The van der Waals surface area contributed by atoms with Crippen molar-refractivity contribution in [2.45, 2.75) is 13.0 Å². The van der Waals surface area contributed by atoms with Crippen molar-refractivity contribution in [3.63, 3.8) is 0 Å². The molecule has 0 saturated carbocycles. The maximum atomic E-state index is 11.9. The van der Waals surface area contributed by atoms with E-state index in [-0.39, 0.29) is 25.2 Å². The Kier molecular flexibility index (Phi) is 5.35. The minimum Gasteiger partial charge on any atom is -0.395 e. The van der Waals surface area contributed by atoms with Gasteiger partial charge in [0.25, 0.3) is 0 Å². The zero-order chi connectivity index (χ0) is 15.1. The summed E-state index contributed by atoms with van der Waals surface area (Å²) in [5, 5.41) is 14.3. The fourth-order valence-corrected chi connectivity index (χ4v) is 2.12. The summed E-state index contributed by atoms with van der Waals surface area (Å²) in [5.74, 6) is 0. The van der Waals surface area contributed by atoms with Crippen molar-refractivity contribution < 1.29 is 9.90 Å². The molecule has 2 amide bonds. The van der Waals surface area contributed by atoms with Crippen LogP contribution in [0, 0.1) is 6.92 Å².